The maximum atomic E-state index is 6.83. The predicted octanol–water partition coefficient (Wildman–Crippen LogP) is 13.6. The van der Waals surface area contributed by atoms with E-state index in [0.717, 1.165) is 44.7 Å². The van der Waals surface area contributed by atoms with Crippen molar-refractivity contribution >= 4 is 71.6 Å². The monoisotopic (exact) mass is 666 g/mol. The van der Waals surface area contributed by atoms with Crippen molar-refractivity contribution < 1.29 is 4.42 Å². The van der Waals surface area contributed by atoms with Gasteiger partial charge >= 0.3 is 0 Å². The van der Waals surface area contributed by atoms with Gasteiger partial charge in [-0.25, -0.2) is 0 Å². The normalized spacial score (nSPS) is 13.3. The van der Waals surface area contributed by atoms with Gasteiger partial charge < -0.3 is 13.9 Å². The molecule has 1 aliphatic rings. The molecule has 52 heavy (non-hydrogen) atoms. The zero-order valence-electron chi connectivity index (χ0n) is 29.0. The Hall–Kier alpha value is -6.58. The van der Waals surface area contributed by atoms with Gasteiger partial charge in [-0.15, -0.1) is 0 Å². The van der Waals surface area contributed by atoms with Gasteiger partial charge in [-0.3, -0.25) is 0 Å². The highest BCUT2D eigenvalue weighted by atomic mass is 16.3. The van der Waals surface area contributed by atoms with Crippen molar-refractivity contribution in [3.63, 3.8) is 0 Å². The fourth-order valence-corrected chi connectivity index (χ4v) is 8.94. The van der Waals surface area contributed by atoms with E-state index in [4.69, 9.17) is 4.42 Å². The van der Waals surface area contributed by atoms with E-state index in [1.807, 2.05) is 0 Å². The highest BCUT2D eigenvalue weighted by Gasteiger charge is 2.36. The third kappa shape index (κ3) is 4.02. The molecule has 0 fully saturated rings. The lowest BCUT2D eigenvalue weighted by Gasteiger charge is -2.28. The lowest BCUT2D eigenvalue weighted by atomic mass is 9.82. The highest BCUT2D eigenvalue weighted by Crippen LogP contribution is 2.51. The Labute approximate surface area is 301 Å². The van der Waals surface area contributed by atoms with Gasteiger partial charge in [0.1, 0.15) is 5.58 Å². The molecule has 0 saturated carbocycles. The fraction of sp³-hybridized carbons (Fsp3) is 0.0612. The summed E-state index contributed by atoms with van der Waals surface area (Å²) >= 11 is 0. The summed E-state index contributed by atoms with van der Waals surface area (Å²) in [5, 5.41) is 7.20. The smallest absolute Gasteiger partial charge is 0.159 e. The van der Waals surface area contributed by atoms with Crippen molar-refractivity contribution in [1.29, 1.82) is 0 Å². The number of hydrogen-bond acceptors (Lipinski definition) is 2. The van der Waals surface area contributed by atoms with Crippen molar-refractivity contribution in [2.45, 2.75) is 19.3 Å². The first-order chi connectivity index (χ1) is 25.6. The molecule has 0 saturated heterocycles. The summed E-state index contributed by atoms with van der Waals surface area (Å²) in [6, 6.07) is 61.6. The molecular weight excluding hydrogens is 633 g/mol. The first-order valence-electron chi connectivity index (χ1n) is 18.0. The Morgan fingerprint density at radius 2 is 1.13 bits per heavy atom. The second-order valence-electron chi connectivity index (χ2n) is 14.5. The predicted molar refractivity (Wildman–Crippen MR) is 218 cm³/mol. The first kappa shape index (κ1) is 29.2. The van der Waals surface area contributed by atoms with Crippen LogP contribution in [0, 0.1) is 0 Å². The van der Waals surface area contributed by atoms with E-state index < -0.39 is 0 Å². The second-order valence-corrected chi connectivity index (χ2v) is 14.5. The van der Waals surface area contributed by atoms with Gasteiger partial charge in [-0.05, 0) is 93.7 Å². The number of nitrogens with zero attached hydrogens (tertiary/aromatic N) is 2. The molecular formula is C49H34N2O. The Bertz CT molecular complexity index is 3000. The molecule has 8 aromatic carbocycles. The SMILES string of the molecule is CC1(C)c2ccccc2-c2ccc(N(c3ccc(-n4c5ccccc5c5ccccc54)cc3)c3cccc4c3oc3ccc5ccccc5c34)cc21. The van der Waals surface area contributed by atoms with Gasteiger partial charge in [0.25, 0.3) is 0 Å². The summed E-state index contributed by atoms with van der Waals surface area (Å²) in [5.41, 5.74) is 13.7. The summed E-state index contributed by atoms with van der Waals surface area (Å²) < 4.78 is 9.21. The van der Waals surface area contributed by atoms with Crippen molar-refractivity contribution in [3.8, 4) is 16.8 Å². The quantitative estimate of drug-likeness (QED) is 0.186. The lowest BCUT2D eigenvalue weighted by molar-refractivity contribution is 0.660. The van der Waals surface area contributed by atoms with Crippen LogP contribution in [0.5, 0.6) is 0 Å². The van der Waals surface area contributed by atoms with Gasteiger partial charge in [-0.2, -0.15) is 0 Å². The van der Waals surface area contributed by atoms with Crippen LogP contribution in [0.15, 0.2) is 174 Å². The van der Waals surface area contributed by atoms with E-state index in [1.165, 1.54) is 54.8 Å². The number of fused-ring (bicyclic) bond motifs is 11. The lowest BCUT2D eigenvalue weighted by Crippen LogP contribution is -2.16. The molecule has 2 heterocycles. The highest BCUT2D eigenvalue weighted by molar-refractivity contribution is 6.21. The standard InChI is InChI=1S/C49H34N2O/c1-49(2)41-18-8-5-14-36(41)37-28-27-34(30-42(37)49)50(45-21-11-17-40-47-35-13-4-3-12-31(35)22-29-46(47)52-48(40)45)32-23-25-33(26-24-32)51-43-19-9-6-15-38(43)39-16-7-10-20-44(39)51/h3-30H,1-2H3. The molecule has 10 aromatic rings. The van der Waals surface area contributed by atoms with Gasteiger partial charge in [0.05, 0.1) is 16.7 Å². The summed E-state index contributed by atoms with van der Waals surface area (Å²) in [7, 11) is 0. The van der Waals surface area contributed by atoms with Crippen LogP contribution in [-0.2, 0) is 5.41 Å². The molecule has 0 amide bonds. The Morgan fingerprint density at radius 3 is 1.92 bits per heavy atom. The van der Waals surface area contributed by atoms with E-state index in [-0.39, 0.29) is 5.41 Å². The zero-order valence-corrected chi connectivity index (χ0v) is 29.0. The number of rotatable bonds is 4. The van der Waals surface area contributed by atoms with Crippen LogP contribution in [0.1, 0.15) is 25.0 Å². The molecule has 11 rings (SSSR count). The van der Waals surface area contributed by atoms with E-state index in [9.17, 15) is 0 Å². The summed E-state index contributed by atoms with van der Waals surface area (Å²) in [4.78, 5) is 2.38. The van der Waals surface area contributed by atoms with E-state index in [0.29, 0.717) is 0 Å². The summed E-state index contributed by atoms with van der Waals surface area (Å²) in [6.45, 7) is 4.69. The van der Waals surface area contributed by atoms with Crippen LogP contribution in [0.2, 0.25) is 0 Å². The molecule has 0 N–H and O–H groups in total. The minimum absolute atomic E-state index is 0.127. The maximum Gasteiger partial charge on any atom is 0.159 e. The Balaban J connectivity index is 1.14. The third-order valence-corrected chi connectivity index (χ3v) is 11.4. The number of furan rings is 1. The van der Waals surface area contributed by atoms with Gasteiger partial charge in [0.2, 0.25) is 0 Å². The molecule has 246 valence electrons. The second kappa shape index (κ2) is 10.7. The van der Waals surface area contributed by atoms with E-state index in [2.05, 4.69) is 193 Å². The number of benzene rings is 8. The zero-order chi connectivity index (χ0) is 34.6. The van der Waals surface area contributed by atoms with E-state index >= 15 is 0 Å². The van der Waals surface area contributed by atoms with Crippen molar-refractivity contribution in [1.82, 2.24) is 4.57 Å². The maximum absolute atomic E-state index is 6.83. The summed E-state index contributed by atoms with van der Waals surface area (Å²) in [6.07, 6.45) is 0. The molecule has 0 atom stereocenters. The average molecular weight is 667 g/mol. The number of hydrogen-bond donors (Lipinski definition) is 0. The molecule has 0 radical (unpaired) electrons. The minimum atomic E-state index is -0.127. The van der Waals surface area contributed by atoms with Crippen LogP contribution in [0.3, 0.4) is 0 Å². The molecule has 0 spiro atoms. The van der Waals surface area contributed by atoms with Gasteiger partial charge in [0, 0.05) is 44.0 Å². The largest absolute Gasteiger partial charge is 0.454 e. The van der Waals surface area contributed by atoms with Crippen LogP contribution in [-0.4, -0.2) is 4.57 Å². The van der Waals surface area contributed by atoms with Gasteiger partial charge in [-0.1, -0.05) is 123 Å². The van der Waals surface area contributed by atoms with Crippen molar-refractivity contribution in [2.75, 3.05) is 4.90 Å². The average Bonchev–Trinajstić information content (AvgIpc) is 3.82. The Morgan fingerprint density at radius 1 is 0.500 bits per heavy atom. The van der Waals surface area contributed by atoms with Crippen LogP contribution in [0.25, 0.3) is 71.3 Å². The molecule has 0 unspecified atom stereocenters. The minimum Gasteiger partial charge on any atom is -0.454 e. The van der Waals surface area contributed by atoms with Crippen LogP contribution in [0.4, 0.5) is 17.1 Å². The number of anilines is 3. The van der Waals surface area contributed by atoms with Gasteiger partial charge in [0.15, 0.2) is 5.58 Å². The number of aromatic nitrogens is 1. The number of para-hydroxylation sites is 3. The summed E-state index contributed by atoms with van der Waals surface area (Å²) in [5.74, 6) is 0. The topological polar surface area (TPSA) is 21.3 Å². The molecule has 0 aliphatic heterocycles. The fourth-order valence-electron chi connectivity index (χ4n) is 8.94. The molecule has 3 heteroatoms. The van der Waals surface area contributed by atoms with Crippen molar-refractivity contribution in [3.05, 3.63) is 181 Å². The van der Waals surface area contributed by atoms with Crippen LogP contribution < -0.4 is 4.90 Å². The third-order valence-electron chi connectivity index (χ3n) is 11.4. The molecule has 1 aliphatic carbocycles. The molecule has 2 aromatic heterocycles. The Kier molecular flexibility index (Phi) is 6.01. The first-order valence-corrected chi connectivity index (χ1v) is 18.0. The van der Waals surface area contributed by atoms with E-state index in [1.54, 1.807) is 0 Å². The molecule has 3 nitrogen and oxygen atoms in total. The van der Waals surface area contributed by atoms with Crippen molar-refractivity contribution in [2.24, 2.45) is 0 Å². The molecule has 0 bridgehead atoms. The van der Waals surface area contributed by atoms with Crippen LogP contribution >= 0.6 is 0 Å².